The second-order valence-electron chi connectivity index (χ2n) is 9.74. The number of nitrogens with one attached hydrogen (secondary N) is 2. The van der Waals surface area contributed by atoms with Crippen molar-refractivity contribution in [3.8, 4) is 0 Å². The summed E-state index contributed by atoms with van der Waals surface area (Å²) < 4.78 is 36.6. The third-order valence-electron chi connectivity index (χ3n) is 6.76. The van der Waals surface area contributed by atoms with Gasteiger partial charge in [-0.3, -0.25) is 0 Å². The normalized spacial score (nSPS) is 14.0. The molecule has 0 amide bonds. The molecule has 3 N–H and O–H groups in total. The molecular formula is C29H32F3N5O4. The number of aliphatic carboxylic acids is 1. The summed E-state index contributed by atoms with van der Waals surface area (Å²) in [5.41, 5.74) is 3.30. The van der Waals surface area contributed by atoms with Crippen LogP contribution in [0.25, 0.3) is 21.9 Å². The average molecular weight is 572 g/mol. The van der Waals surface area contributed by atoms with Gasteiger partial charge in [0.25, 0.3) is 0 Å². The zero-order valence-corrected chi connectivity index (χ0v) is 22.6. The number of H-pyrrole nitrogens is 1. The number of rotatable bonds is 8. The predicted molar refractivity (Wildman–Crippen MR) is 149 cm³/mol. The first-order valence-corrected chi connectivity index (χ1v) is 13.4. The van der Waals surface area contributed by atoms with Crippen LogP contribution >= 0.6 is 0 Å². The van der Waals surface area contributed by atoms with Crippen LogP contribution in [0.5, 0.6) is 0 Å². The highest BCUT2D eigenvalue weighted by molar-refractivity contribution is 6.12. The highest BCUT2D eigenvalue weighted by Crippen LogP contribution is 2.31. The van der Waals surface area contributed by atoms with E-state index in [-0.39, 0.29) is 5.97 Å². The number of alkyl halides is 3. The van der Waals surface area contributed by atoms with Gasteiger partial charge in [-0.1, -0.05) is 42.8 Å². The lowest BCUT2D eigenvalue weighted by Gasteiger charge is -2.26. The minimum Gasteiger partial charge on any atom is -0.475 e. The van der Waals surface area contributed by atoms with Crippen molar-refractivity contribution in [2.75, 3.05) is 38.6 Å². The van der Waals surface area contributed by atoms with E-state index < -0.39 is 12.1 Å². The molecule has 0 unspecified atom stereocenters. The molecule has 3 heterocycles. The van der Waals surface area contributed by atoms with E-state index in [2.05, 4.69) is 27.3 Å². The number of carbonyl (C=O) groups excluding carboxylic acids is 1. The van der Waals surface area contributed by atoms with E-state index in [9.17, 15) is 18.0 Å². The molecule has 1 aliphatic heterocycles. The van der Waals surface area contributed by atoms with E-state index in [0.717, 1.165) is 53.1 Å². The van der Waals surface area contributed by atoms with Crippen LogP contribution in [-0.2, 0) is 16.0 Å². The number of esters is 1. The van der Waals surface area contributed by atoms with Gasteiger partial charge >= 0.3 is 18.1 Å². The smallest absolute Gasteiger partial charge is 0.475 e. The number of aromatic nitrogens is 3. The zero-order chi connectivity index (χ0) is 29.4. The van der Waals surface area contributed by atoms with Crippen molar-refractivity contribution < 1.29 is 32.6 Å². The number of hydrogen-bond acceptors (Lipinski definition) is 7. The van der Waals surface area contributed by atoms with Gasteiger partial charge in [0.05, 0.1) is 18.1 Å². The standard InChI is InChI=1S/C27H31N5O2.C2HF3O2/c1-34-27(33)20-11-12-21-22(18-20)29-26-24(21)25(28-13-8-16-32-14-6-3-7-15-32)30-23(31-26)17-19-9-4-2-5-10-19;3-2(4,5)1(6)7/h2,4-5,9-12,18H,3,6-8,13-17H2,1H3,(H2,28,29,30,31);(H,6,7). The summed E-state index contributed by atoms with van der Waals surface area (Å²) in [6.45, 7) is 4.38. The molecule has 1 fully saturated rings. The van der Waals surface area contributed by atoms with Crippen LogP contribution in [0.2, 0.25) is 0 Å². The monoisotopic (exact) mass is 571 g/mol. The van der Waals surface area contributed by atoms with E-state index in [0.29, 0.717) is 12.0 Å². The fraction of sp³-hybridized carbons (Fsp3) is 0.379. The molecule has 2 aromatic carbocycles. The van der Waals surface area contributed by atoms with Crippen LogP contribution in [0.1, 0.15) is 47.4 Å². The van der Waals surface area contributed by atoms with Crippen LogP contribution in [0.3, 0.4) is 0 Å². The summed E-state index contributed by atoms with van der Waals surface area (Å²) in [5.74, 6) is -1.51. The van der Waals surface area contributed by atoms with Crippen molar-refractivity contribution in [1.29, 1.82) is 0 Å². The topological polar surface area (TPSA) is 120 Å². The Balaban J connectivity index is 0.000000493. The van der Waals surface area contributed by atoms with Crippen LogP contribution in [-0.4, -0.2) is 76.4 Å². The molecule has 0 saturated carbocycles. The minimum absolute atomic E-state index is 0.354. The van der Waals surface area contributed by atoms with E-state index in [4.69, 9.17) is 24.6 Å². The second kappa shape index (κ2) is 13.4. The minimum atomic E-state index is -5.08. The second-order valence-corrected chi connectivity index (χ2v) is 9.74. The van der Waals surface area contributed by atoms with Gasteiger partial charge in [0.15, 0.2) is 0 Å². The van der Waals surface area contributed by atoms with Crippen LogP contribution < -0.4 is 5.32 Å². The first-order valence-electron chi connectivity index (χ1n) is 13.4. The summed E-state index contributed by atoms with van der Waals surface area (Å²) >= 11 is 0. The van der Waals surface area contributed by atoms with Gasteiger partial charge in [-0.05, 0) is 56.6 Å². The van der Waals surface area contributed by atoms with Crippen molar-refractivity contribution in [1.82, 2.24) is 19.9 Å². The number of piperidine rings is 1. The van der Waals surface area contributed by atoms with Gasteiger partial charge in [-0.2, -0.15) is 13.2 Å². The molecule has 4 aromatic rings. The lowest BCUT2D eigenvalue weighted by Crippen LogP contribution is -2.31. The molecule has 0 bridgehead atoms. The van der Waals surface area contributed by atoms with Crippen molar-refractivity contribution in [3.05, 3.63) is 65.5 Å². The van der Waals surface area contributed by atoms with Crippen molar-refractivity contribution in [2.24, 2.45) is 0 Å². The maximum atomic E-state index is 12.0. The number of methoxy groups -OCH3 is 1. The number of aromatic amines is 1. The molecule has 41 heavy (non-hydrogen) atoms. The SMILES string of the molecule is COC(=O)c1ccc2c(c1)[nH]c1nc(Cc3ccccc3)nc(NCCCN3CCCCC3)c12.O=C(O)C(F)(F)F. The number of carboxylic acid groups (broad SMARTS) is 1. The maximum Gasteiger partial charge on any atom is 0.490 e. The van der Waals surface area contributed by atoms with E-state index in [1.54, 1.807) is 6.07 Å². The summed E-state index contributed by atoms with van der Waals surface area (Å²) in [4.78, 5) is 36.6. The van der Waals surface area contributed by atoms with E-state index in [1.807, 2.05) is 30.3 Å². The third-order valence-corrected chi connectivity index (χ3v) is 6.76. The first kappa shape index (κ1) is 29.8. The molecule has 0 atom stereocenters. The Kier molecular flexibility index (Phi) is 9.77. The van der Waals surface area contributed by atoms with Gasteiger partial charge < -0.3 is 25.0 Å². The van der Waals surface area contributed by atoms with Gasteiger partial charge in [0, 0.05) is 23.9 Å². The molecule has 12 heteroatoms. The van der Waals surface area contributed by atoms with Gasteiger partial charge in [-0.15, -0.1) is 0 Å². The summed E-state index contributed by atoms with van der Waals surface area (Å²) in [7, 11) is 1.39. The van der Waals surface area contributed by atoms with Gasteiger partial charge in [-0.25, -0.2) is 19.6 Å². The van der Waals surface area contributed by atoms with E-state index in [1.165, 1.54) is 45.0 Å². The summed E-state index contributed by atoms with van der Waals surface area (Å²) in [6, 6.07) is 15.8. The number of fused-ring (bicyclic) bond motifs is 3. The molecule has 2 aromatic heterocycles. The third kappa shape index (κ3) is 7.94. The highest BCUT2D eigenvalue weighted by Gasteiger charge is 2.38. The molecule has 9 nitrogen and oxygen atoms in total. The fourth-order valence-electron chi connectivity index (χ4n) is 4.77. The number of benzene rings is 2. The number of anilines is 1. The van der Waals surface area contributed by atoms with Gasteiger partial charge in [0.1, 0.15) is 17.3 Å². The van der Waals surface area contributed by atoms with Crippen molar-refractivity contribution >= 4 is 39.7 Å². The number of likely N-dealkylation sites (tertiary alicyclic amines) is 1. The largest absolute Gasteiger partial charge is 0.490 e. The van der Waals surface area contributed by atoms with Crippen molar-refractivity contribution in [3.63, 3.8) is 0 Å². The van der Waals surface area contributed by atoms with Crippen LogP contribution in [0.15, 0.2) is 48.5 Å². The molecular weight excluding hydrogens is 539 g/mol. The Morgan fingerprint density at radius 2 is 1.78 bits per heavy atom. The lowest BCUT2D eigenvalue weighted by atomic mass is 10.1. The number of hydrogen-bond donors (Lipinski definition) is 3. The average Bonchev–Trinajstić information content (AvgIpc) is 3.33. The molecule has 5 rings (SSSR count). The molecule has 0 aliphatic carbocycles. The Labute approximate surface area is 234 Å². The molecule has 1 aliphatic rings. The Morgan fingerprint density at radius 3 is 2.44 bits per heavy atom. The quantitative estimate of drug-likeness (QED) is 0.190. The van der Waals surface area contributed by atoms with Gasteiger partial charge in [0.2, 0.25) is 0 Å². The number of nitrogens with zero attached hydrogens (tertiary/aromatic N) is 3. The van der Waals surface area contributed by atoms with E-state index >= 15 is 0 Å². The van der Waals surface area contributed by atoms with Crippen molar-refractivity contribution in [2.45, 2.75) is 38.3 Å². The number of halogens is 3. The van der Waals surface area contributed by atoms with Crippen LogP contribution in [0, 0.1) is 0 Å². The summed E-state index contributed by atoms with van der Waals surface area (Å²) in [5, 5.41) is 12.7. The maximum absolute atomic E-state index is 12.0. The summed E-state index contributed by atoms with van der Waals surface area (Å²) in [6.07, 6.45) is 0.615. The molecule has 218 valence electrons. The number of ether oxygens (including phenoxy) is 1. The zero-order valence-electron chi connectivity index (χ0n) is 22.6. The Bertz CT molecular complexity index is 1480. The Hall–Kier alpha value is -4.19. The molecule has 1 saturated heterocycles. The number of carbonyl (C=O) groups is 2. The van der Waals surface area contributed by atoms with Crippen LogP contribution in [0.4, 0.5) is 19.0 Å². The molecule has 0 spiro atoms. The number of carboxylic acids is 1. The molecule has 0 radical (unpaired) electrons. The highest BCUT2D eigenvalue weighted by atomic mass is 19.4. The fourth-order valence-corrected chi connectivity index (χ4v) is 4.77. The first-order chi connectivity index (χ1) is 19.7. The lowest BCUT2D eigenvalue weighted by molar-refractivity contribution is -0.192. The Morgan fingerprint density at radius 1 is 1.07 bits per heavy atom. The predicted octanol–water partition coefficient (Wildman–Crippen LogP) is 5.41.